The van der Waals surface area contributed by atoms with E-state index in [4.69, 9.17) is 0 Å². The quantitative estimate of drug-likeness (QED) is 0.679. The summed E-state index contributed by atoms with van der Waals surface area (Å²) >= 11 is 3.80. The van der Waals surface area contributed by atoms with Gasteiger partial charge in [0.25, 0.3) is 0 Å². The van der Waals surface area contributed by atoms with Gasteiger partial charge in [-0.25, -0.2) is 0 Å². The van der Waals surface area contributed by atoms with Gasteiger partial charge in [0.1, 0.15) is 0 Å². The van der Waals surface area contributed by atoms with E-state index >= 15 is 0 Å². The molecule has 2 heteroatoms. The van der Waals surface area contributed by atoms with Gasteiger partial charge in [0, 0.05) is 0 Å². The Kier molecular flexibility index (Phi) is 4.35. The average Bonchev–Trinajstić information content (AvgIpc) is 2.19. The number of allylic oxidation sites excluding steroid dienone is 1. The van der Waals surface area contributed by atoms with Crippen molar-refractivity contribution in [2.75, 3.05) is 0 Å². The minimum absolute atomic E-state index is 1.09. The van der Waals surface area contributed by atoms with Crippen LogP contribution in [0.15, 0.2) is 34.4 Å². The van der Waals surface area contributed by atoms with Crippen LogP contribution in [0.4, 0.5) is 0 Å². The highest BCUT2D eigenvalue weighted by Crippen LogP contribution is 2.32. The SMILES string of the molecule is CCC(=C(Br)[Si](C)(C)C)c1ccccc1. The predicted molar refractivity (Wildman–Crippen MR) is 75.9 cm³/mol. The third-order valence-electron chi connectivity index (χ3n) is 2.40. The highest BCUT2D eigenvalue weighted by Gasteiger charge is 2.20. The molecule has 0 fully saturated rings. The molecule has 0 N–H and O–H groups in total. The van der Waals surface area contributed by atoms with Crippen LogP contribution in [0, 0.1) is 0 Å². The summed E-state index contributed by atoms with van der Waals surface area (Å²) in [6.07, 6.45) is 1.09. The summed E-state index contributed by atoms with van der Waals surface area (Å²) < 4.78 is 1.45. The maximum Gasteiger partial charge on any atom is 0.0869 e. The number of halogens is 1. The van der Waals surface area contributed by atoms with Crippen LogP contribution in [-0.2, 0) is 0 Å². The first-order valence-corrected chi connectivity index (χ1v) is 9.70. The van der Waals surface area contributed by atoms with Crippen molar-refractivity contribution in [1.82, 2.24) is 0 Å². The van der Waals surface area contributed by atoms with Crippen molar-refractivity contribution in [3.05, 3.63) is 40.0 Å². The normalized spacial score (nSPS) is 13.7. The molecular weight excluding hydrogens is 264 g/mol. The predicted octanol–water partition coefficient (Wildman–Crippen LogP) is 5.08. The molecule has 0 atom stereocenters. The summed E-state index contributed by atoms with van der Waals surface area (Å²) in [5.41, 5.74) is 2.82. The van der Waals surface area contributed by atoms with E-state index in [-0.39, 0.29) is 0 Å². The van der Waals surface area contributed by atoms with Crippen molar-refractivity contribution in [2.45, 2.75) is 33.0 Å². The molecule has 0 nitrogen and oxygen atoms in total. The Morgan fingerprint density at radius 2 is 1.67 bits per heavy atom. The van der Waals surface area contributed by atoms with Gasteiger partial charge < -0.3 is 0 Å². The second-order valence-electron chi connectivity index (χ2n) is 4.76. The van der Waals surface area contributed by atoms with Crippen LogP contribution in [0.2, 0.25) is 19.6 Å². The van der Waals surface area contributed by atoms with Crippen LogP contribution in [0.5, 0.6) is 0 Å². The van der Waals surface area contributed by atoms with Gasteiger partial charge in [-0.15, -0.1) is 0 Å². The third-order valence-corrected chi connectivity index (χ3v) is 8.07. The third kappa shape index (κ3) is 3.32. The van der Waals surface area contributed by atoms with Gasteiger partial charge in [0.2, 0.25) is 0 Å². The molecule has 0 aromatic heterocycles. The zero-order valence-corrected chi connectivity index (χ0v) is 12.6. The molecule has 0 unspecified atom stereocenters. The van der Waals surface area contributed by atoms with Crippen LogP contribution in [0.3, 0.4) is 0 Å². The molecule has 0 saturated heterocycles. The van der Waals surface area contributed by atoms with Gasteiger partial charge >= 0.3 is 0 Å². The average molecular weight is 283 g/mol. The zero-order valence-electron chi connectivity index (χ0n) is 9.97. The fraction of sp³-hybridized carbons (Fsp3) is 0.385. The molecule has 0 bridgehead atoms. The van der Waals surface area contributed by atoms with Crippen molar-refractivity contribution >= 4 is 29.6 Å². The molecule has 0 aliphatic carbocycles. The Labute approximate surface area is 103 Å². The minimum atomic E-state index is -1.23. The highest BCUT2D eigenvalue weighted by molar-refractivity contribution is 9.12. The number of hydrogen-bond donors (Lipinski definition) is 0. The Morgan fingerprint density at radius 1 is 1.13 bits per heavy atom. The standard InChI is InChI=1S/C13H19BrSi/c1-5-12(13(14)15(2,3)4)11-9-7-6-8-10-11/h6-10H,5H2,1-4H3. The molecular formula is C13H19BrSi. The van der Waals surface area contributed by atoms with Crippen molar-refractivity contribution in [3.8, 4) is 0 Å². The summed E-state index contributed by atoms with van der Waals surface area (Å²) in [6.45, 7) is 9.34. The Balaban J connectivity index is 3.20. The molecule has 0 radical (unpaired) electrons. The number of benzene rings is 1. The molecule has 1 rings (SSSR count). The second-order valence-corrected chi connectivity index (χ2v) is 11.3. The van der Waals surface area contributed by atoms with E-state index in [0.717, 1.165) is 6.42 Å². The lowest BCUT2D eigenvalue weighted by molar-refractivity contribution is 1.24. The van der Waals surface area contributed by atoms with E-state index in [1.807, 2.05) is 0 Å². The van der Waals surface area contributed by atoms with Crippen LogP contribution in [0.1, 0.15) is 18.9 Å². The Hall–Kier alpha value is -0.343. The van der Waals surface area contributed by atoms with E-state index in [0.29, 0.717) is 0 Å². The van der Waals surface area contributed by atoms with E-state index in [2.05, 4.69) is 72.8 Å². The smallest absolute Gasteiger partial charge is 0.0651 e. The molecule has 0 heterocycles. The molecule has 0 aliphatic heterocycles. The molecule has 82 valence electrons. The first kappa shape index (κ1) is 12.7. The van der Waals surface area contributed by atoms with Gasteiger partial charge in [0.05, 0.1) is 8.07 Å². The Bertz CT molecular complexity index is 347. The summed E-state index contributed by atoms with van der Waals surface area (Å²) in [5, 5.41) is 0. The second kappa shape index (κ2) is 5.13. The van der Waals surface area contributed by atoms with Crippen LogP contribution in [-0.4, -0.2) is 8.07 Å². The maximum absolute atomic E-state index is 3.80. The highest BCUT2D eigenvalue weighted by atomic mass is 79.9. The Morgan fingerprint density at radius 3 is 2.07 bits per heavy atom. The van der Waals surface area contributed by atoms with Gasteiger partial charge in [-0.2, -0.15) is 0 Å². The van der Waals surface area contributed by atoms with E-state index in [1.165, 1.54) is 15.2 Å². The molecule has 0 amide bonds. The van der Waals surface area contributed by atoms with E-state index in [9.17, 15) is 0 Å². The summed E-state index contributed by atoms with van der Waals surface area (Å²) in [4.78, 5) is 0. The summed E-state index contributed by atoms with van der Waals surface area (Å²) in [7, 11) is -1.23. The molecule has 1 aromatic rings. The first-order valence-electron chi connectivity index (χ1n) is 5.41. The van der Waals surface area contributed by atoms with Crippen LogP contribution < -0.4 is 0 Å². The maximum atomic E-state index is 3.80. The fourth-order valence-corrected chi connectivity index (χ4v) is 3.31. The van der Waals surface area contributed by atoms with Gasteiger partial charge in [-0.1, -0.05) is 72.8 Å². The number of rotatable bonds is 3. The first-order chi connectivity index (χ1) is 6.96. The summed E-state index contributed by atoms with van der Waals surface area (Å²) in [6, 6.07) is 10.7. The lowest BCUT2D eigenvalue weighted by Gasteiger charge is -2.20. The van der Waals surface area contributed by atoms with Crippen molar-refractivity contribution < 1.29 is 0 Å². The van der Waals surface area contributed by atoms with Crippen LogP contribution >= 0.6 is 15.9 Å². The molecule has 0 spiro atoms. The van der Waals surface area contributed by atoms with Crippen molar-refractivity contribution in [3.63, 3.8) is 0 Å². The molecule has 15 heavy (non-hydrogen) atoms. The van der Waals surface area contributed by atoms with Gasteiger partial charge in [-0.3, -0.25) is 0 Å². The molecule has 0 aliphatic rings. The summed E-state index contributed by atoms with van der Waals surface area (Å²) in [5.74, 6) is 0. The topological polar surface area (TPSA) is 0 Å². The van der Waals surface area contributed by atoms with Crippen molar-refractivity contribution in [2.24, 2.45) is 0 Å². The number of hydrogen-bond acceptors (Lipinski definition) is 0. The van der Waals surface area contributed by atoms with Crippen LogP contribution in [0.25, 0.3) is 5.57 Å². The molecule has 1 aromatic carbocycles. The van der Waals surface area contributed by atoms with E-state index < -0.39 is 8.07 Å². The monoisotopic (exact) mass is 282 g/mol. The lowest BCUT2D eigenvalue weighted by atomic mass is 10.1. The van der Waals surface area contributed by atoms with E-state index in [1.54, 1.807) is 0 Å². The van der Waals surface area contributed by atoms with Gasteiger partial charge in [0.15, 0.2) is 0 Å². The molecule has 0 saturated carbocycles. The largest absolute Gasteiger partial charge is 0.0869 e. The zero-order chi connectivity index (χ0) is 11.5. The fourth-order valence-electron chi connectivity index (χ4n) is 1.58. The lowest BCUT2D eigenvalue weighted by Crippen LogP contribution is -2.21. The van der Waals surface area contributed by atoms with Gasteiger partial charge in [-0.05, 0) is 21.7 Å². The minimum Gasteiger partial charge on any atom is -0.0651 e. The van der Waals surface area contributed by atoms with Crippen molar-refractivity contribution in [1.29, 1.82) is 0 Å².